The predicted octanol–water partition coefficient (Wildman–Crippen LogP) is 4.06. The Balaban J connectivity index is 0.000000511. The van der Waals surface area contributed by atoms with E-state index in [2.05, 4.69) is 50.8 Å². The van der Waals surface area contributed by atoms with Crippen LogP contribution in [-0.4, -0.2) is 46.8 Å². The van der Waals surface area contributed by atoms with E-state index in [1.54, 1.807) is 5.30 Å². The van der Waals surface area contributed by atoms with Crippen molar-refractivity contribution in [1.29, 1.82) is 0 Å². The summed E-state index contributed by atoms with van der Waals surface area (Å²) in [5.74, 6) is 0. The molecule has 158 valence electrons. The molecular formula is C13H18F6NO4PS2. The molecule has 5 nitrogen and oxygen atoms in total. The van der Waals surface area contributed by atoms with Gasteiger partial charge in [0.25, 0.3) is 0 Å². The van der Waals surface area contributed by atoms with Gasteiger partial charge in [0.15, 0.2) is 20.0 Å². The lowest BCUT2D eigenvalue weighted by Crippen LogP contribution is -2.30. The van der Waals surface area contributed by atoms with Crippen LogP contribution in [0.2, 0.25) is 0 Å². The van der Waals surface area contributed by atoms with Crippen molar-refractivity contribution in [3.63, 3.8) is 0 Å². The molecule has 0 fully saturated rings. The molecule has 0 atom stereocenters. The lowest BCUT2D eigenvalue weighted by atomic mass is 10.4. The zero-order chi connectivity index (χ0) is 21.7. The van der Waals surface area contributed by atoms with Crippen LogP contribution in [0.5, 0.6) is 0 Å². The molecule has 0 aliphatic rings. The molecule has 1 aromatic rings. The molecule has 0 aliphatic carbocycles. The fraction of sp³-hybridized carbons (Fsp3) is 0.538. The van der Waals surface area contributed by atoms with Gasteiger partial charge in [0.1, 0.15) is 0 Å². The number of hydrogen-bond acceptors (Lipinski definition) is 4. The second-order valence-corrected chi connectivity index (χ2v) is 13.3. The third-order valence-electron chi connectivity index (χ3n) is 3.56. The van der Waals surface area contributed by atoms with Crippen molar-refractivity contribution in [3.8, 4) is 0 Å². The molecule has 0 radical (unpaired) electrons. The van der Waals surface area contributed by atoms with E-state index >= 15 is 0 Å². The summed E-state index contributed by atoms with van der Waals surface area (Å²) in [5.41, 5.74) is -12.4. The summed E-state index contributed by atoms with van der Waals surface area (Å²) in [7, 11) is -14.2. The van der Waals surface area contributed by atoms with Gasteiger partial charge in [-0.3, -0.25) is 0 Å². The van der Waals surface area contributed by atoms with Crippen LogP contribution in [0.3, 0.4) is 0 Å². The van der Waals surface area contributed by atoms with Crippen molar-refractivity contribution >= 4 is 32.6 Å². The highest BCUT2D eigenvalue weighted by Crippen LogP contribution is 2.52. The number of benzene rings is 1. The van der Waals surface area contributed by atoms with Gasteiger partial charge >= 0.3 is 11.0 Å². The van der Waals surface area contributed by atoms with E-state index in [1.807, 2.05) is 0 Å². The van der Waals surface area contributed by atoms with Crippen LogP contribution in [0.4, 0.5) is 26.3 Å². The van der Waals surface area contributed by atoms with E-state index < -0.39 is 38.3 Å². The molecule has 0 aromatic heterocycles. The third-order valence-corrected chi connectivity index (χ3v) is 10.6. The van der Waals surface area contributed by atoms with Gasteiger partial charge in [0.2, 0.25) is 0 Å². The second-order valence-electron chi connectivity index (χ2n) is 5.28. The summed E-state index contributed by atoms with van der Waals surface area (Å²) in [6.45, 7) is 7.07. The SMILES string of the molecule is CC[P+](C)(CC)c1ccccc1.O=S(=O)([N-]S(=O)(=O)C(F)(F)F)C(F)(F)F. The van der Waals surface area contributed by atoms with Crippen molar-refractivity contribution in [1.82, 2.24) is 0 Å². The lowest BCUT2D eigenvalue weighted by molar-refractivity contribution is -0.0444. The van der Waals surface area contributed by atoms with E-state index in [4.69, 9.17) is 0 Å². The van der Waals surface area contributed by atoms with Crippen molar-refractivity contribution in [2.45, 2.75) is 24.9 Å². The fourth-order valence-electron chi connectivity index (χ4n) is 1.59. The van der Waals surface area contributed by atoms with Crippen LogP contribution in [0.15, 0.2) is 30.3 Å². The van der Waals surface area contributed by atoms with Gasteiger partial charge in [-0.1, -0.05) is 18.2 Å². The highest BCUT2D eigenvalue weighted by atomic mass is 32.3. The maximum atomic E-state index is 11.4. The molecule has 1 aromatic carbocycles. The highest BCUT2D eigenvalue weighted by molar-refractivity contribution is 8.13. The molecule has 27 heavy (non-hydrogen) atoms. The Morgan fingerprint density at radius 1 is 0.815 bits per heavy atom. The summed E-state index contributed by atoms with van der Waals surface area (Å²) in [4.78, 5) is 0. The van der Waals surface area contributed by atoms with Gasteiger partial charge in [-0.25, -0.2) is 16.8 Å². The zero-order valence-electron chi connectivity index (χ0n) is 14.4. The topological polar surface area (TPSA) is 82.4 Å². The number of alkyl halides is 6. The Kier molecular flexibility index (Phi) is 8.75. The maximum Gasteiger partial charge on any atom is 0.480 e. The average molecular weight is 461 g/mol. The first-order chi connectivity index (χ1) is 11.9. The number of sulfonamides is 2. The van der Waals surface area contributed by atoms with E-state index in [9.17, 15) is 43.2 Å². The molecular weight excluding hydrogens is 443 g/mol. The molecule has 0 saturated heterocycles. The minimum atomic E-state index is -6.72. The largest absolute Gasteiger partial charge is 0.480 e. The smallest absolute Gasteiger partial charge is 0.421 e. The normalized spacial score (nSPS) is 13.7. The first-order valence-corrected chi connectivity index (χ1v) is 12.7. The van der Waals surface area contributed by atoms with Crippen LogP contribution < -0.4 is 5.30 Å². The monoisotopic (exact) mass is 461 g/mol. The lowest BCUT2D eigenvalue weighted by Gasteiger charge is -2.22. The Morgan fingerprint density at radius 3 is 1.41 bits per heavy atom. The van der Waals surface area contributed by atoms with Crippen molar-refractivity contribution in [2.24, 2.45) is 0 Å². The predicted molar refractivity (Wildman–Crippen MR) is 93.3 cm³/mol. The van der Waals surface area contributed by atoms with Crippen LogP contribution in [0, 0.1) is 0 Å². The van der Waals surface area contributed by atoms with E-state index in [1.165, 1.54) is 12.3 Å². The van der Waals surface area contributed by atoms with Gasteiger partial charge in [-0.05, 0) is 26.0 Å². The second kappa shape index (κ2) is 9.06. The Bertz CT molecular complexity index is 761. The summed E-state index contributed by atoms with van der Waals surface area (Å²) in [6, 6.07) is 11.0. The summed E-state index contributed by atoms with van der Waals surface area (Å²) in [5, 5.41) is 1.58. The van der Waals surface area contributed by atoms with Gasteiger partial charge < -0.3 is 4.13 Å². The summed E-state index contributed by atoms with van der Waals surface area (Å²) < 4.78 is 109. The molecule has 1 rings (SSSR count). The molecule has 0 N–H and O–H groups in total. The molecule has 0 unspecified atom stereocenters. The quantitative estimate of drug-likeness (QED) is 0.489. The number of halogens is 6. The molecule has 0 bridgehead atoms. The maximum absolute atomic E-state index is 11.4. The summed E-state index contributed by atoms with van der Waals surface area (Å²) >= 11 is 0. The average Bonchev–Trinajstić information content (AvgIpc) is 2.52. The van der Waals surface area contributed by atoms with Crippen molar-refractivity contribution < 1.29 is 43.2 Å². The minimum Gasteiger partial charge on any atom is -0.421 e. The van der Waals surface area contributed by atoms with Gasteiger partial charge in [0.05, 0.1) is 24.3 Å². The van der Waals surface area contributed by atoms with Crippen molar-refractivity contribution in [2.75, 3.05) is 19.0 Å². The molecule has 0 spiro atoms. The van der Waals surface area contributed by atoms with Crippen LogP contribution in [0.1, 0.15) is 13.8 Å². The number of rotatable bonds is 5. The Labute approximate surface area is 154 Å². The highest BCUT2D eigenvalue weighted by Gasteiger charge is 2.46. The summed E-state index contributed by atoms with van der Waals surface area (Å²) in [6.07, 6.45) is 2.65. The van der Waals surface area contributed by atoms with Gasteiger partial charge in [0, 0.05) is 7.26 Å². The molecule has 0 saturated carbocycles. The van der Waals surface area contributed by atoms with Gasteiger partial charge in [-0.15, -0.1) is 0 Å². The third kappa shape index (κ3) is 7.20. The first kappa shape index (κ1) is 26.1. The van der Waals surface area contributed by atoms with Gasteiger partial charge in [-0.2, -0.15) is 26.3 Å². The molecule has 0 amide bonds. The van der Waals surface area contributed by atoms with Crippen LogP contribution in [-0.2, 0) is 20.0 Å². The molecule has 0 aliphatic heterocycles. The van der Waals surface area contributed by atoms with Crippen LogP contribution in [0.25, 0.3) is 4.13 Å². The number of hydrogen-bond donors (Lipinski definition) is 0. The Morgan fingerprint density at radius 2 is 1.15 bits per heavy atom. The minimum absolute atomic E-state index is 0.778. The van der Waals surface area contributed by atoms with Crippen molar-refractivity contribution in [3.05, 3.63) is 34.5 Å². The number of nitrogens with zero attached hydrogens (tertiary/aromatic N) is 1. The zero-order valence-corrected chi connectivity index (χ0v) is 16.9. The fourth-order valence-corrected chi connectivity index (χ4v) is 5.37. The first-order valence-electron chi connectivity index (χ1n) is 7.20. The molecule has 0 heterocycles. The van der Waals surface area contributed by atoms with E-state index in [0.29, 0.717) is 0 Å². The van der Waals surface area contributed by atoms with Crippen LogP contribution >= 0.6 is 7.26 Å². The Hall–Kier alpha value is -0.910. The molecule has 14 heteroatoms. The van der Waals surface area contributed by atoms with E-state index in [0.717, 1.165) is 4.13 Å². The van der Waals surface area contributed by atoms with E-state index in [-0.39, 0.29) is 0 Å². The standard InChI is InChI=1S/C11H18P.C2F6NO4S2/c1-4-12(3,5-2)11-9-7-6-8-10-11;3-1(4,5)14(10,11)9-15(12,13)2(6,7)8/h6-10H,4-5H2,1-3H3;/q+1;-1.